The molecule has 1 unspecified atom stereocenters. The molecule has 0 fully saturated rings. The van der Waals surface area contributed by atoms with Gasteiger partial charge in [-0.25, -0.2) is 13.8 Å². The van der Waals surface area contributed by atoms with Crippen molar-refractivity contribution in [2.75, 3.05) is 5.73 Å². The van der Waals surface area contributed by atoms with Crippen molar-refractivity contribution in [3.8, 4) is 0 Å². The van der Waals surface area contributed by atoms with Gasteiger partial charge in [0.05, 0.1) is 5.71 Å². The Morgan fingerprint density at radius 3 is 2.59 bits per heavy atom. The number of nitrogens with one attached hydrogen (secondary N) is 1. The van der Waals surface area contributed by atoms with Gasteiger partial charge < -0.3 is 11.1 Å². The number of anilines is 1. The van der Waals surface area contributed by atoms with E-state index in [9.17, 15) is 13.6 Å². The van der Waals surface area contributed by atoms with Gasteiger partial charge in [0.15, 0.2) is 0 Å². The average Bonchev–Trinajstić information content (AvgIpc) is 2.67. The highest BCUT2D eigenvalue weighted by molar-refractivity contribution is 6.01. The van der Waals surface area contributed by atoms with Crippen LogP contribution in [-0.4, -0.2) is 22.8 Å². The maximum atomic E-state index is 14.4. The number of rotatable bonds is 2. The predicted molar refractivity (Wildman–Crippen MR) is 109 cm³/mol. The van der Waals surface area contributed by atoms with E-state index in [2.05, 4.69) is 10.4 Å². The summed E-state index contributed by atoms with van der Waals surface area (Å²) in [6.45, 7) is 1.74. The first kappa shape index (κ1) is 18.6. The maximum Gasteiger partial charge on any atom is 0.271 e. The molecule has 2 aliphatic heterocycles. The van der Waals surface area contributed by atoms with Gasteiger partial charge in [0.1, 0.15) is 17.8 Å². The lowest BCUT2D eigenvalue weighted by atomic mass is 10.0. The van der Waals surface area contributed by atoms with E-state index >= 15 is 0 Å². The number of nitrogens with zero attached hydrogens (tertiary/aromatic N) is 2. The summed E-state index contributed by atoms with van der Waals surface area (Å²) in [7, 11) is 0. The van der Waals surface area contributed by atoms with Crippen LogP contribution in [0.1, 0.15) is 18.1 Å². The number of carbonyl (C=O) groups is 1. The van der Waals surface area contributed by atoms with E-state index in [1.54, 1.807) is 49.4 Å². The zero-order chi connectivity index (χ0) is 20.5. The molecule has 5 nitrogen and oxygen atoms in total. The van der Waals surface area contributed by atoms with Crippen LogP contribution in [0.5, 0.6) is 0 Å². The summed E-state index contributed by atoms with van der Waals surface area (Å²) in [5.74, 6) is -1.65. The second kappa shape index (κ2) is 7.35. The van der Waals surface area contributed by atoms with E-state index in [4.69, 9.17) is 5.73 Å². The van der Waals surface area contributed by atoms with Crippen LogP contribution in [-0.2, 0) is 4.79 Å². The Kier molecular flexibility index (Phi) is 4.72. The molecule has 0 bridgehead atoms. The summed E-state index contributed by atoms with van der Waals surface area (Å²) in [4.78, 5) is 12.7. The molecule has 4 rings (SSSR count). The third-order valence-electron chi connectivity index (χ3n) is 4.63. The van der Waals surface area contributed by atoms with Crippen LogP contribution in [0.3, 0.4) is 0 Å². The van der Waals surface area contributed by atoms with Crippen molar-refractivity contribution in [3.05, 3.63) is 89.5 Å². The Hall–Kier alpha value is -3.74. The highest BCUT2D eigenvalue weighted by Crippen LogP contribution is 2.26. The third kappa shape index (κ3) is 3.80. The van der Waals surface area contributed by atoms with Gasteiger partial charge in [-0.05, 0) is 54.5 Å². The summed E-state index contributed by atoms with van der Waals surface area (Å²) >= 11 is 0. The van der Waals surface area contributed by atoms with Gasteiger partial charge in [0, 0.05) is 29.1 Å². The van der Waals surface area contributed by atoms with Crippen LogP contribution in [0, 0.1) is 11.6 Å². The number of carbonyl (C=O) groups excluding carboxylic acids is 1. The molecular weight excluding hydrogens is 374 g/mol. The van der Waals surface area contributed by atoms with Crippen molar-refractivity contribution in [3.63, 3.8) is 0 Å². The molecule has 2 heterocycles. The Morgan fingerprint density at radius 1 is 1.10 bits per heavy atom. The normalized spacial score (nSPS) is 20.5. The van der Waals surface area contributed by atoms with E-state index in [0.717, 1.165) is 11.6 Å². The second-order valence-corrected chi connectivity index (χ2v) is 6.77. The van der Waals surface area contributed by atoms with Gasteiger partial charge in [0.2, 0.25) is 0 Å². The molecule has 2 aromatic rings. The van der Waals surface area contributed by atoms with Crippen molar-refractivity contribution in [1.29, 1.82) is 0 Å². The Morgan fingerprint density at radius 2 is 1.86 bits per heavy atom. The predicted octanol–water partition coefficient (Wildman–Crippen LogP) is 3.68. The first-order valence-corrected chi connectivity index (χ1v) is 8.98. The van der Waals surface area contributed by atoms with Crippen LogP contribution < -0.4 is 11.1 Å². The molecule has 1 amide bonds. The van der Waals surface area contributed by atoms with Crippen molar-refractivity contribution in [2.45, 2.75) is 13.1 Å². The van der Waals surface area contributed by atoms with Crippen LogP contribution in [0.25, 0.3) is 11.3 Å². The molecule has 3 N–H and O–H groups in total. The lowest BCUT2D eigenvalue weighted by molar-refractivity contribution is -0.128. The van der Waals surface area contributed by atoms with Gasteiger partial charge in [-0.2, -0.15) is 5.10 Å². The second-order valence-electron chi connectivity index (χ2n) is 6.77. The van der Waals surface area contributed by atoms with Gasteiger partial charge in [-0.1, -0.05) is 18.2 Å². The van der Waals surface area contributed by atoms with Gasteiger partial charge in [-0.15, -0.1) is 0 Å². The lowest BCUT2D eigenvalue weighted by Crippen LogP contribution is -2.47. The number of hydrogen-bond donors (Lipinski definition) is 2. The van der Waals surface area contributed by atoms with Crippen molar-refractivity contribution in [1.82, 2.24) is 10.3 Å². The first-order chi connectivity index (χ1) is 13.9. The smallest absolute Gasteiger partial charge is 0.271 e. The fourth-order valence-electron chi connectivity index (χ4n) is 3.18. The summed E-state index contributed by atoms with van der Waals surface area (Å²) < 4.78 is 27.7. The number of nitrogen functional groups attached to an aromatic ring is 1. The summed E-state index contributed by atoms with van der Waals surface area (Å²) in [5.41, 5.74) is 9.05. The van der Waals surface area contributed by atoms with Gasteiger partial charge in [-0.3, -0.25) is 4.79 Å². The average molecular weight is 392 g/mol. The number of hydrazone groups is 1. The monoisotopic (exact) mass is 392 g/mol. The van der Waals surface area contributed by atoms with E-state index in [-0.39, 0.29) is 11.5 Å². The van der Waals surface area contributed by atoms with E-state index < -0.39 is 17.8 Å². The molecule has 29 heavy (non-hydrogen) atoms. The minimum Gasteiger partial charge on any atom is -0.399 e. The number of allylic oxidation sites excluding steroid dienone is 3. The van der Waals surface area contributed by atoms with Gasteiger partial charge >= 0.3 is 0 Å². The fraction of sp³-hybridized carbons (Fsp3) is 0.0909. The summed E-state index contributed by atoms with van der Waals surface area (Å²) in [5, 5.41) is 8.88. The number of halogens is 2. The molecule has 2 aliphatic rings. The number of amides is 1. The Labute approximate surface area is 166 Å². The molecule has 2 aromatic carbocycles. The topological polar surface area (TPSA) is 70.7 Å². The number of benzene rings is 2. The van der Waals surface area contributed by atoms with Crippen LogP contribution >= 0.6 is 0 Å². The van der Waals surface area contributed by atoms with Crippen molar-refractivity contribution in [2.24, 2.45) is 5.10 Å². The quantitative estimate of drug-likeness (QED) is 0.766. The minimum absolute atomic E-state index is 0.232. The van der Waals surface area contributed by atoms with Crippen LogP contribution in [0.4, 0.5) is 14.5 Å². The molecule has 0 aromatic heterocycles. The standard InChI is InChI=1S/C22H18F2N4O/c1-13-2-3-15(18-9-6-16(23)11-19(18)24)10-21-26-20(12-22(29)28(21)27-13)14-4-7-17(25)8-5-14/h2-12,21,26H,25H2,1H3/b3-2?,15-10-,27-13?. The Bertz CT molecular complexity index is 1100. The molecule has 0 radical (unpaired) electrons. The minimum atomic E-state index is -0.681. The zero-order valence-corrected chi connectivity index (χ0v) is 15.6. The largest absolute Gasteiger partial charge is 0.399 e. The fourth-order valence-corrected chi connectivity index (χ4v) is 3.18. The zero-order valence-electron chi connectivity index (χ0n) is 15.6. The lowest BCUT2D eigenvalue weighted by Gasteiger charge is -2.32. The van der Waals surface area contributed by atoms with Crippen LogP contribution in [0.15, 0.2) is 71.9 Å². The van der Waals surface area contributed by atoms with Crippen LogP contribution in [0.2, 0.25) is 0 Å². The molecule has 0 saturated carbocycles. The third-order valence-corrected chi connectivity index (χ3v) is 4.63. The molecule has 1 atom stereocenters. The molecule has 146 valence electrons. The van der Waals surface area contributed by atoms with E-state index in [0.29, 0.717) is 22.7 Å². The Balaban J connectivity index is 1.78. The van der Waals surface area contributed by atoms with E-state index in [1.807, 2.05) is 0 Å². The molecular formula is C22H18F2N4O. The summed E-state index contributed by atoms with van der Waals surface area (Å²) in [6, 6.07) is 10.5. The van der Waals surface area contributed by atoms with Crippen molar-refractivity contribution >= 4 is 28.6 Å². The van der Waals surface area contributed by atoms with E-state index in [1.165, 1.54) is 23.2 Å². The molecule has 7 heteroatoms. The van der Waals surface area contributed by atoms with Gasteiger partial charge in [0.25, 0.3) is 5.91 Å². The highest BCUT2D eigenvalue weighted by atomic mass is 19.1. The SMILES string of the molecule is CC1=NN2C(=O)C=C(c3ccc(N)cc3)NC2/C=C(\c2ccc(F)cc2F)C=C1. The number of fused-ring (bicyclic) bond motifs is 1. The number of hydrogen-bond acceptors (Lipinski definition) is 4. The molecule has 0 spiro atoms. The number of nitrogens with two attached hydrogens (primary N) is 1. The maximum absolute atomic E-state index is 14.4. The molecule has 0 aliphatic carbocycles. The molecule has 0 saturated heterocycles. The summed E-state index contributed by atoms with van der Waals surface area (Å²) in [6.07, 6.45) is 5.86. The first-order valence-electron chi connectivity index (χ1n) is 8.98. The highest BCUT2D eigenvalue weighted by Gasteiger charge is 2.28. The van der Waals surface area contributed by atoms with Crippen molar-refractivity contribution < 1.29 is 13.6 Å².